The first-order valence-electron chi connectivity index (χ1n) is 21.6. The van der Waals surface area contributed by atoms with E-state index in [4.69, 9.17) is 0 Å². The Morgan fingerprint density at radius 2 is 0.651 bits per heavy atom. The van der Waals surface area contributed by atoms with Crippen molar-refractivity contribution in [3.8, 4) is 44.8 Å². The summed E-state index contributed by atoms with van der Waals surface area (Å²) in [7, 11) is 0. The van der Waals surface area contributed by atoms with Gasteiger partial charge in [-0.3, -0.25) is 0 Å². The van der Waals surface area contributed by atoms with Gasteiger partial charge in [-0.1, -0.05) is 170 Å². The zero-order valence-corrected chi connectivity index (χ0v) is 34.5. The molecule has 12 aromatic rings. The second-order valence-corrected chi connectivity index (χ2v) is 16.1. The maximum absolute atomic E-state index is 2.42. The molecule has 0 saturated heterocycles. The minimum Gasteiger partial charge on any atom is -0.310 e. The van der Waals surface area contributed by atoms with Gasteiger partial charge in [-0.2, -0.15) is 0 Å². The van der Waals surface area contributed by atoms with Crippen LogP contribution in [0.4, 0.5) is 17.1 Å². The lowest BCUT2D eigenvalue weighted by Gasteiger charge is -2.26. The van der Waals surface area contributed by atoms with Crippen LogP contribution in [0.15, 0.2) is 249 Å². The fraction of sp³-hybridized carbons (Fsp3) is 0. The number of nitrogens with zero attached hydrogens (tertiary/aromatic N) is 3. The number of anilines is 3. The average Bonchev–Trinajstić information content (AvgIpc) is 3.88. The van der Waals surface area contributed by atoms with Crippen molar-refractivity contribution in [3.05, 3.63) is 249 Å². The summed E-state index contributed by atoms with van der Waals surface area (Å²) < 4.78 is 4.81. The van der Waals surface area contributed by atoms with Gasteiger partial charge in [-0.05, 0) is 112 Å². The lowest BCUT2D eigenvalue weighted by Crippen LogP contribution is -2.10. The first-order valence-corrected chi connectivity index (χ1v) is 21.6. The first-order chi connectivity index (χ1) is 31.3. The van der Waals surface area contributed by atoms with E-state index in [2.05, 4.69) is 263 Å². The molecule has 0 spiro atoms. The molecule has 0 aliphatic rings. The molecular formula is C60H41N3. The van der Waals surface area contributed by atoms with Crippen molar-refractivity contribution in [2.45, 2.75) is 0 Å². The highest BCUT2D eigenvalue weighted by atomic mass is 15.1. The summed E-state index contributed by atoms with van der Waals surface area (Å²) in [5.74, 6) is 0. The SMILES string of the molecule is c1ccc(-c2ccc(N(c3ccc(-c4cccc5c4c4ccccc4n5-c4ccccc4)cc3)c3ccc4c5c(-c6ccccc6)cccc5n(-c5ccccc5)c4c3)cc2)cc1. The lowest BCUT2D eigenvalue weighted by molar-refractivity contribution is 1.18. The fourth-order valence-electron chi connectivity index (χ4n) is 9.69. The third-order valence-electron chi connectivity index (χ3n) is 12.5. The van der Waals surface area contributed by atoms with Crippen molar-refractivity contribution in [1.29, 1.82) is 0 Å². The van der Waals surface area contributed by atoms with E-state index in [0.29, 0.717) is 0 Å². The molecule has 0 radical (unpaired) electrons. The van der Waals surface area contributed by atoms with Gasteiger partial charge in [0.05, 0.1) is 22.1 Å². The minimum atomic E-state index is 1.08. The molecule has 2 heterocycles. The Morgan fingerprint density at radius 1 is 0.254 bits per heavy atom. The number of para-hydroxylation sites is 3. The third kappa shape index (κ3) is 6.21. The Hall–Kier alpha value is -8.40. The van der Waals surface area contributed by atoms with Gasteiger partial charge in [0, 0.05) is 50.0 Å². The van der Waals surface area contributed by atoms with Crippen LogP contribution in [-0.2, 0) is 0 Å². The molecule has 0 atom stereocenters. The van der Waals surface area contributed by atoms with Crippen molar-refractivity contribution in [3.63, 3.8) is 0 Å². The molecule has 296 valence electrons. The van der Waals surface area contributed by atoms with Gasteiger partial charge in [0.1, 0.15) is 0 Å². The quantitative estimate of drug-likeness (QED) is 0.149. The minimum absolute atomic E-state index is 1.08. The zero-order valence-electron chi connectivity index (χ0n) is 34.5. The largest absolute Gasteiger partial charge is 0.310 e. The van der Waals surface area contributed by atoms with Crippen molar-refractivity contribution in [1.82, 2.24) is 9.13 Å². The third-order valence-corrected chi connectivity index (χ3v) is 12.5. The van der Waals surface area contributed by atoms with E-state index >= 15 is 0 Å². The Bertz CT molecular complexity index is 3570. The van der Waals surface area contributed by atoms with Gasteiger partial charge in [-0.25, -0.2) is 0 Å². The summed E-state index contributed by atoms with van der Waals surface area (Å²) in [6, 6.07) is 90.0. The van der Waals surface area contributed by atoms with Crippen LogP contribution in [0.2, 0.25) is 0 Å². The molecule has 10 aromatic carbocycles. The standard InChI is InChI=1S/C60H41N3/c1-5-17-42(18-6-1)43-31-35-48(36-32-43)61(49-37-33-45(34-38-49)52-27-16-29-56-59(52)53-25-13-14-28-55(53)62(56)46-21-9-3-10-22-46)50-39-40-54-58(41-50)63(47-23-11-4-12-24-47)57-30-15-26-51(60(54)57)44-19-7-2-8-20-44/h1-41H. The predicted molar refractivity (Wildman–Crippen MR) is 266 cm³/mol. The maximum Gasteiger partial charge on any atom is 0.0562 e. The number of benzene rings is 10. The van der Waals surface area contributed by atoms with E-state index in [9.17, 15) is 0 Å². The monoisotopic (exact) mass is 803 g/mol. The topological polar surface area (TPSA) is 13.1 Å². The molecular weight excluding hydrogens is 763 g/mol. The van der Waals surface area contributed by atoms with E-state index in [0.717, 1.165) is 34.0 Å². The molecule has 3 nitrogen and oxygen atoms in total. The Kier molecular flexibility index (Phi) is 8.83. The van der Waals surface area contributed by atoms with Crippen LogP contribution in [0.1, 0.15) is 0 Å². The lowest BCUT2D eigenvalue weighted by atomic mass is 9.98. The molecule has 0 saturated carbocycles. The van der Waals surface area contributed by atoms with E-state index in [-0.39, 0.29) is 0 Å². The predicted octanol–water partition coefficient (Wildman–Crippen LogP) is 16.4. The Labute approximate surface area is 366 Å². The van der Waals surface area contributed by atoms with Gasteiger partial charge in [-0.15, -0.1) is 0 Å². The molecule has 3 heteroatoms. The van der Waals surface area contributed by atoms with Crippen LogP contribution in [0.3, 0.4) is 0 Å². The zero-order chi connectivity index (χ0) is 41.7. The Morgan fingerprint density at radius 3 is 1.22 bits per heavy atom. The van der Waals surface area contributed by atoms with Crippen molar-refractivity contribution >= 4 is 60.7 Å². The molecule has 0 bridgehead atoms. The van der Waals surface area contributed by atoms with E-state index < -0.39 is 0 Å². The number of rotatable bonds is 8. The summed E-state index contributed by atoms with van der Waals surface area (Å²) in [6.07, 6.45) is 0. The van der Waals surface area contributed by atoms with E-state index in [1.54, 1.807) is 0 Å². The maximum atomic E-state index is 2.42. The molecule has 12 rings (SSSR count). The summed E-state index contributed by atoms with van der Waals surface area (Å²) in [6.45, 7) is 0. The summed E-state index contributed by atoms with van der Waals surface area (Å²) >= 11 is 0. The number of hydrogen-bond donors (Lipinski definition) is 0. The first kappa shape index (κ1) is 36.5. The average molecular weight is 804 g/mol. The Balaban J connectivity index is 1.04. The van der Waals surface area contributed by atoms with Crippen LogP contribution in [0.5, 0.6) is 0 Å². The summed E-state index contributed by atoms with van der Waals surface area (Å²) in [5.41, 5.74) is 17.5. The normalized spacial score (nSPS) is 11.5. The smallest absolute Gasteiger partial charge is 0.0562 e. The summed E-state index contributed by atoms with van der Waals surface area (Å²) in [4.78, 5) is 2.39. The second-order valence-electron chi connectivity index (χ2n) is 16.1. The highest BCUT2D eigenvalue weighted by molar-refractivity contribution is 6.17. The van der Waals surface area contributed by atoms with Gasteiger partial charge < -0.3 is 14.0 Å². The number of fused-ring (bicyclic) bond motifs is 6. The molecule has 0 amide bonds. The number of aromatic nitrogens is 2. The van der Waals surface area contributed by atoms with Crippen molar-refractivity contribution in [2.75, 3.05) is 4.90 Å². The van der Waals surface area contributed by atoms with Gasteiger partial charge in [0.15, 0.2) is 0 Å². The molecule has 2 aromatic heterocycles. The van der Waals surface area contributed by atoms with Crippen LogP contribution in [-0.4, -0.2) is 9.13 Å². The molecule has 0 aliphatic heterocycles. The number of hydrogen-bond acceptors (Lipinski definition) is 1. The van der Waals surface area contributed by atoms with E-state index in [1.165, 1.54) is 71.5 Å². The highest BCUT2D eigenvalue weighted by Gasteiger charge is 2.21. The van der Waals surface area contributed by atoms with Gasteiger partial charge in [0.2, 0.25) is 0 Å². The van der Waals surface area contributed by atoms with Crippen molar-refractivity contribution in [2.24, 2.45) is 0 Å². The molecule has 0 N–H and O–H groups in total. The second kappa shape index (κ2) is 15.3. The molecule has 63 heavy (non-hydrogen) atoms. The van der Waals surface area contributed by atoms with Gasteiger partial charge in [0.25, 0.3) is 0 Å². The summed E-state index contributed by atoms with van der Waals surface area (Å²) in [5, 5.41) is 4.97. The molecule has 0 unspecified atom stereocenters. The van der Waals surface area contributed by atoms with Crippen LogP contribution in [0, 0.1) is 0 Å². The van der Waals surface area contributed by atoms with Crippen LogP contribution in [0.25, 0.3) is 88.4 Å². The highest BCUT2D eigenvalue weighted by Crippen LogP contribution is 2.44. The van der Waals surface area contributed by atoms with Crippen LogP contribution < -0.4 is 4.90 Å². The molecule has 0 aliphatic carbocycles. The fourth-order valence-corrected chi connectivity index (χ4v) is 9.69. The van der Waals surface area contributed by atoms with Crippen molar-refractivity contribution < 1.29 is 0 Å². The van der Waals surface area contributed by atoms with Gasteiger partial charge >= 0.3 is 0 Å². The van der Waals surface area contributed by atoms with E-state index in [1.807, 2.05) is 0 Å². The van der Waals surface area contributed by atoms with Crippen LogP contribution >= 0.6 is 0 Å². The molecule has 0 fully saturated rings.